The molecule has 9 nitrogen and oxygen atoms in total. The number of hydrogen-bond acceptors (Lipinski definition) is 8. The quantitative estimate of drug-likeness (QED) is 0.488. The number of aromatic nitrogens is 3. The first-order valence-electron chi connectivity index (χ1n) is 10.7. The summed E-state index contributed by atoms with van der Waals surface area (Å²) in [6.45, 7) is 5.61. The summed E-state index contributed by atoms with van der Waals surface area (Å²) in [5.41, 5.74) is 3.69. The van der Waals surface area contributed by atoms with Gasteiger partial charge >= 0.3 is 5.97 Å². The molecule has 0 spiro atoms. The maximum Gasteiger partial charge on any atom is 0.356 e. The van der Waals surface area contributed by atoms with Crippen molar-refractivity contribution >= 4 is 40.1 Å². The molecule has 2 fully saturated rings. The van der Waals surface area contributed by atoms with Crippen LogP contribution in [0.5, 0.6) is 0 Å². The predicted molar refractivity (Wildman–Crippen MR) is 125 cm³/mol. The van der Waals surface area contributed by atoms with Crippen molar-refractivity contribution in [2.75, 3.05) is 23.3 Å². The minimum atomic E-state index is -1.17. The number of nitrogens with zero attached hydrogens (tertiary/aromatic N) is 5. The minimum absolute atomic E-state index is 0.112. The Morgan fingerprint density at radius 2 is 2.06 bits per heavy atom. The van der Waals surface area contributed by atoms with Gasteiger partial charge in [0.05, 0.1) is 22.8 Å². The molecule has 2 aliphatic heterocycles. The van der Waals surface area contributed by atoms with Crippen LogP contribution >= 0.6 is 11.6 Å². The maximum atomic E-state index is 11.7. The molecular formula is C23H22ClN7O2. The molecule has 3 N–H and O–H groups in total. The number of carbonyl (C=O) groups is 1. The molecule has 0 amide bonds. The molecule has 4 heterocycles. The summed E-state index contributed by atoms with van der Waals surface area (Å²) in [6.07, 6.45) is 1.08. The minimum Gasteiger partial charge on any atom is -0.476 e. The standard InChI is InChI=1S/C23H22ClN7O2/c1-11-5-15(12(2)27-16-3-4-19(24)29-21(16)23(32)33)20-17(6-11)28-18(8-25)22(30-20)31-13-7-14(31)10-26-9-13/h3-6,12-14,26-27H,7,9-10H2,1-2H3,(H,32,33)/t12-,13?,14?/m0/s1. The van der Waals surface area contributed by atoms with Gasteiger partial charge in [0.15, 0.2) is 17.2 Å². The van der Waals surface area contributed by atoms with Crippen LogP contribution in [0.25, 0.3) is 11.0 Å². The zero-order valence-electron chi connectivity index (χ0n) is 18.1. The number of carboxylic acid groups (broad SMARTS) is 1. The van der Waals surface area contributed by atoms with Gasteiger partial charge in [-0.05, 0) is 44.0 Å². The van der Waals surface area contributed by atoms with E-state index in [1.807, 2.05) is 26.0 Å². The van der Waals surface area contributed by atoms with Crippen molar-refractivity contribution in [3.63, 3.8) is 0 Å². The fourth-order valence-electron chi connectivity index (χ4n) is 4.76. The van der Waals surface area contributed by atoms with Crippen molar-refractivity contribution in [3.05, 3.63) is 51.9 Å². The van der Waals surface area contributed by atoms with Crippen molar-refractivity contribution in [2.24, 2.45) is 0 Å². The second-order valence-electron chi connectivity index (χ2n) is 8.54. The van der Waals surface area contributed by atoms with Crippen LogP contribution in [0, 0.1) is 18.3 Å². The van der Waals surface area contributed by atoms with E-state index in [0.717, 1.165) is 30.6 Å². The van der Waals surface area contributed by atoms with E-state index in [1.165, 1.54) is 0 Å². The Bertz CT molecular complexity index is 1310. The Morgan fingerprint density at radius 3 is 2.73 bits per heavy atom. The molecule has 3 atom stereocenters. The van der Waals surface area contributed by atoms with E-state index in [0.29, 0.717) is 40.3 Å². The second-order valence-corrected chi connectivity index (χ2v) is 8.93. The van der Waals surface area contributed by atoms with Crippen LogP contribution in [0.3, 0.4) is 0 Å². The summed E-state index contributed by atoms with van der Waals surface area (Å²) in [5.74, 6) is -0.551. The summed E-state index contributed by atoms with van der Waals surface area (Å²) < 4.78 is 0. The van der Waals surface area contributed by atoms with E-state index in [4.69, 9.17) is 16.6 Å². The van der Waals surface area contributed by atoms with Crippen molar-refractivity contribution in [2.45, 2.75) is 38.4 Å². The third kappa shape index (κ3) is 3.71. The van der Waals surface area contributed by atoms with Gasteiger partial charge in [-0.3, -0.25) is 0 Å². The molecule has 2 aromatic heterocycles. The molecule has 3 aromatic rings. The number of fused-ring (bicyclic) bond motifs is 3. The Morgan fingerprint density at radius 1 is 1.30 bits per heavy atom. The molecule has 168 valence electrons. The molecular weight excluding hydrogens is 442 g/mol. The highest BCUT2D eigenvalue weighted by atomic mass is 35.5. The van der Waals surface area contributed by atoms with Gasteiger partial charge in [-0.2, -0.15) is 5.26 Å². The molecule has 2 bridgehead atoms. The molecule has 0 saturated carbocycles. The lowest BCUT2D eigenvalue weighted by Crippen LogP contribution is -2.68. The van der Waals surface area contributed by atoms with Gasteiger partial charge in [0.2, 0.25) is 0 Å². The maximum absolute atomic E-state index is 11.7. The van der Waals surface area contributed by atoms with Gasteiger partial charge in [0.1, 0.15) is 11.2 Å². The molecule has 0 aliphatic carbocycles. The monoisotopic (exact) mass is 463 g/mol. The van der Waals surface area contributed by atoms with Crippen LogP contribution < -0.4 is 15.5 Å². The molecule has 2 saturated heterocycles. The number of rotatable bonds is 5. The Labute approximate surface area is 195 Å². The number of carboxylic acids is 1. The zero-order valence-corrected chi connectivity index (χ0v) is 18.9. The third-order valence-corrected chi connectivity index (χ3v) is 6.48. The normalized spacial score (nSPS) is 20.1. The van der Waals surface area contributed by atoms with E-state index >= 15 is 0 Å². The van der Waals surface area contributed by atoms with E-state index in [1.54, 1.807) is 12.1 Å². The SMILES string of the molecule is Cc1cc([C@H](C)Nc2ccc(Cl)nc2C(=O)O)c2nc(N3C4CNCC3C4)c(C#N)nc2c1. The van der Waals surface area contributed by atoms with Crippen molar-refractivity contribution in [3.8, 4) is 6.07 Å². The summed E-state index contributed by atoms with van der Waals surface area (Å²) in [4.78, 5) is 27.4. The second kappa shape index (κ2) is 8.14. The average molecular weight is 464 g/mol. The molecule has 33 heavy (non-hydrogen) atoms. The fourth-order valence-corrected chi connectivity index (χ4v) is 4.91. The molecule has 10 heteroatoms. The van der Waals surface area contributed by atoms with Crippen LogP contribution in [0.1, 0.15) is 46.7 Å². The highest BCUT2D eigenvalue weighted by molar-refractivity contribution is 6.29. The van der Waals surface area contributed by atoms with E-state index < -0.39 is 5.97 Å². The lowest BCUT2D eigenvalue weighted by Gasteiger charge is -2.53. The van der Waals surface area contributed by atoms with Crippen molar-refractivity contribution in [1.82, 2.24) is 20.3 Å². The first-order valence-corrected chi connectivity index (χ1v) is 11.1. The fraction of sp³-hybridized carbons (Fsp3) is 0.348. The Hall–Kier alpha value is -3.48. The van der Waals surface area contributed by atoms with Gasteiger partial charge in [0, 0.05) is 30.7 Å². The number of pyridine rings is 1. The van der Waals surface area contributed by atoms with E-state index in [2.05, 4.69) is 31.6 Å². The summed E-state index contributed by atoms with van der Waals surface area (Å²) in [6, 6.07) is 9.61. The first-order chi connectivity index (χ1) is 15.9. The van der Waals surface area contributed by atoms with Gasteiger partial charge in [0.25, 0.3) is 0 Å². The highest BCUT2D eigenvalue weighted by Crippen LogP contribution is 2.37. The topological polar surface area (TPSA) is 127 Å². The summed E-state index contributed by atoms with van der Waals surface area (Å²) >= 11 is 5.89. The molecule has 2 aliphatic rings. The molecule has 1 aromatic carbocycles. The lowest BCUT2D eigenvalue weighted by molar-refractivity contribution is 0.0691. The third-order valence-electron chi connectivity index (χ3n) is 6.27. The zero-order chi connectivity index (χ0) is 23.3. The number of piperazine rings is 1. The van der Waals surface area contributed by atoms with E-state index in [9.17, 15) is 15.2 Å². The summed E-state index contributed by atoms with van der Waals surface area (Å²) in [7, 11) is 0. The van der Waals surface area contributed by atoms with Gasteiger partial charge in [-0.25, -0.2) is 19.7 Å². The number of halogens is 1. The predicted octanol–water partition coefficient (Wildman–Crippen LogP) is 3.28. The number of aromatic carboxylic acids is 1. The molecule has 2 unspecified atom stereocenters. The first kappa shape index (κ1) is 21.4. The van der Waals surface area contributed by atoms with Crippen LogP contribution in [0.15, 0.2) is 24.3 Å². The van der Waals surface area contributed by atoms with Gasteiger partial charge in [-0.1, -0.05) is 17.7 Å². The Kier molecular flexibility index (Phi) is 5.27. The van der Waals surface area contributed by atoms with Crippen LogP contribution in [0.2, 0.25) is 5.15 Å². The molecule has 5 rings (SSSR count). The summed E-state index contributed by atoms with van der Waals surface area (Å²) in [5, 5.41) is 26.1. The van der Waals surface area contributed by atoms with E-state index in [-0.39, 0.29) is 16.9 Å². The number of nitrogens with one attached hydrogen (secondary N) is 2. The smallest absolute Gasteiger partial charge is 0.356 e. The number of nitriles is 1. The van der Waals surface area contributed by atoms with Gasteiger partial charge < -0.3 is 20.6 Å². The number of piperidine rings is 1. The Balaban J connectivity index is 1.59. The van der Waals surface area contributed by atoms with Crippen LogP contribution in [0.4, 0.5) is 11.5 Å². The number of aryl methyl sites for hydroxylation is 1. The average Bonchev–Trinajstić information content (AvgIpc) is 2.79. The van der Waals surface area contributed by atoms with Gasteiger partial charge in [-0.15, -0.1) is 0 Å². The van der Waals surface area contributed by atoms with Crippen LogP contribution in [-0.4, -0.2) is 51.2 Å². The van der Waals surface area contributed by atoms with Crippen molar-refractivity contribution in [1.29, 1.82) is 5.26 Å². The largest absolute Gasteiger partial charge is 0.476 e. The lowest BCUT2D eigenvalue weighted by atomic mass is 9.88. The molecule has 0 radical (unpaired) electrons. The number of benzene rings is 1. The van der Waals surface area contributed by atoms with Crippen molar-refractivity contribution < 1.29 is 9.90 Å². The number of hydrogen-bond donors (Lipinski definition) is 3. The highest BCUT2D eigenvalue weighted by Gasteiger charge is 2.43. The van der Waals surface area contributed by atoms with Crippen LogP contribution in [-0.2, 0) is 0 Å². The number of anilines is 2.